The Kier molecular flexibility index (Phi) is 22.3. The van der Waals surface area contributed by atoms with E-state index in [4.69, 9.17) is 37.9 Å². The molecule has 85 heavy (non-hydrogen) atoms. The molecular formula is C67H89NO17. The van der Waals surface area contributed by atoms with Crippen molar-refractivity contribution in [3.63, 3.8) is 0 Å². The molecule has 13 atom stereocenters. The van der Waals surface area contributed by atoms with Crippen molar-refractivity contribution in [3.05, 3.63) is 119 Å². The Morgan fingerprint density at radius 3 is 1.86 bits per heavy atom. The van der Waals surface area contributed by atoms with E-state index in [2.05, 4.69) is 12.2 Å². The summed E-state index contributed by atoms with van der Waals surface area (Å²) in [6, 6.07) is 22.9. The lowest BCUT2D eigenvalue weighted by atomic mass is 9.44. The van der Waals surface area contributed by atoms with Crippen LogP contribution < -0.4 is 5.32 Å². The molecule has 2 aliphatic heterocycles. The van der Waals surface area contributed by atoms with Gasteiger partial charge in [-0.05, 0) is 67.7 Å². The average molecular weight is 1180 g/mol. The van der Waals surface area contributed by atoms with Gasteiger partial charge in [-0.1, -0.05) is 177 Å². The molecule has 8 rings (SSSR count). The van der Waals surface area contributed by atoms with Gasteiger partial charge in [-0.15, -0.1) is 0 Å². The van der Waals surface area contributed by atoms with Crippen LogP contribution in [0.2, 0.25) is 0 Å². The molecule has 3 aromatic carbocycles. The number of esters is 3. The molecule has 3 aliphatic carbocycles. The number of unbranched alkanes of at least 4 members (excludes halogenated alkanes) is 14. The topological polar surface area (TPSA) is 249 Å². The third kappa shape index (κ3) is 14.7. The lowest BCUT2D eigenvalue weighted by Crippen LogP contribution is -2.81. The maximum Gasteiger partial charge on any atom is 0.509 e. The summed E-state index contributed by atoms with van der Waals surface area (Å²) < 4.78 is 48.2. The number of nitrogens with one attached hydrogen (secondary N) is 1. The normalized spacial score (nSPS) is 29.1. The molecule has 2 saturated heterocycles. The summed E-state index contributed by atoms with van der Waals surface area (Å²) in [4.78, 5) is 86.9. The number of hydrogen-bond donors (Lipinski definition) is 4. The molecule has 3 aromatic rings. The lowest BCUT2D eigenvalue weighted by Gasteiger charge is -2.66. The van der Waals surface area contributed by atoms with E-state index in [-0.39, 0.29) is 48.5 Å². The molecular weight excluding hydrogens is 1090 g/mol. The molecule has 18 heteroatoms. The van der Waals surface area contributed by atoms with Gasteiger partial charge in [0.25, 0.3) is 5.91 Å². The van der Waals surface area contributed by atoms with Gasteiger partial charge < -0.3 is 58.5 Å². The van der Waals surface area contributed by atoms with Crippen molar-refractivity contribution in [1.82, 2.24) is 5.32 Å². The van der Waals surface area contributed by atoms with Crippen LogP contribution in [0.1, 0.15) is 189 Å². The molecule has 2 bridgehead atoms. The fourth-order valence-corrected chi connectivity index (χ4v) is 13.6. The Bertz CT molecular complexity index is 2770. The van der Waals surface area contributed by atoms with E-state index in [0.29, 0.717) is 12.0 Å². The zero-order valence-electron chi connectivity index (χ0n) is 50.3. The summed E-state index contributed by atoms with van der Waals surface area (Å²) in [7, 11) is 0. The summed E-state index contributed by atoms with van der Waals surface area (Å²) in [6.07, 6.45) is 6.14. The molecule has 0 aromatic heterocycles. The number of benzene rings is 3. The molecule has 18 nitrogen and oxygen atoms in total. The van der Waals surface area contributed by atoms with E-state index in [1.54, 1.807) is 92.7 Å². The van der Waals surface area contributed by atoms with E-state index in [1.807, 2.05) is 0 Å². The number of fused-ring (bicyclic) bond motifs is 5. The Morgan fingerprint density at radius 1 is 0.729 bits per heavy atom. The highest BCUT2D eigenvalue weighted by molar-refractivity contribution is 5.96. The Morgan fingerprint density at radius 2 is 1.29 bits per heavy atom. The van der Waals surface area contributed by atoms with Crippen LogP contribution in [0.25, 0.3) is 0 Å². The number of aliphatic hydroxyl groups excluding tert-OH is 1. The summed E-state index contributed by atoms with van der Waals surface area (Å²) in [6.45, 7) is 8.83. The molecule has 0 spiro atoms. The summed E-state index contributed by atoms with van der Waals surface area (Å²) >= 11 is 0. The first kappa shape index (κ1) is 65.0. The SMILES string of the molecule is CCCCCCCCCCCCCCCCCC1OC[C@@H](COC(=O)O[C@@H](C(=O)O[C@H]2C[C@@]3(O)[C@@H](OC(=O)c4ccccc4)C4[C@]5(O)CO[C@@H]5C[C@H](O)[C@@]4(C)C(=O)[C@H](OC(C)=O)C(=C2C)C3(C)C)[C@@H](NC(=O)c2ccccc2)c2ccccc2)O1. The highest BCUT2D eigenvalue weighted by atomic mass is 16.8. The van der Waals surface area contributed by atoms with Crippen molar-refractivity contribution < 1.29 is 82.0 Å². The minimum absolute atomic E-state index is 0.0311. The first-order valence-electron chi connectivity index (χ1n) is 30.9. The first-order chi connectivity index (χ1) is 40.7. The van der Waals surface area contributed by atoms with Gasteiger partial charge >= 0.3 is 24.1 Å². The third-order valence-electron chi connectivity index (χ3n) is 18.6. The number of hydrogen-bond acceptors (Lipinski definition) is 17. The van der Waals surface area contributed by atoms with Gasteiger partial charge in [0.1, 0.15) is 42.2 Å². The quantitative estimate of drug-likeness (QED) is 0.0228. The molecule has 4 N–H and O–H groups in total. The van der Waals surface area contributed by atoms with Crippen molar-refractivity contribution in [1.29, 1.82) is 0 Å². The summed E-state index contributed by atoms with van der Waals surface area (Å²) in [5.41, 5.74) is -7.55. The van der Waals surface area contributed by atoms with E-state index >= 15 is 9.59 Å². The maximum atomic E-state index is 15.6. The van der Waals surface area contributed by atoms with E-state index < -0.39 is 125 Å². The van der Waals surface area contributed by atoms with Crippen molar-refractivity contribution in [3.8, 4) is 0 Å². The molecule has 5 aliphatic rings. The molecule has 464 valence electrons. The Labute approximate surface area is 500 Å². The maximum absolute atomic E-state index is 15.6. The van der Waals surface area contributed by atoms with Crippen LogP contribution in [0.4, 0.5) is 4.79 Å². The highest BCUT2D eigenvalue weighted by Crippen LogP contribution is 2.63. The van der Waals surface area contributed by atoms with Gasteiger partial charge in [-0.2, -0.15) is 0 Å². The van der Waals surface area contributed by atoms with Gasteiger partial charge in [0.05, 0.1) is 36.4 Å². The van der Waals surface area contributed by atoms with Crippen LogP contribution in [-0.4, -0.2) is 131 Å². The largest absolute Gasteiger partial charge is 0.509 e. The average Bonchev–Trinajstić information content (AvgIpc) is 0.862. The summed E-state index contributed by atoms with van der Waals surface area (Å²) in [5.74, 6) is -6.24. The number of ether oxygens (including phenoxy) is 8. The fraction of sp³-hybridized carbons (Fsp3) is 0.612. The second-order valence-corrected chi connectivity index (χ2v) is 24.7. The molecule has 2 unspecified atom stereocenters. The van der Waals surface area contributed by atoms with E-state index in [1.165, 1.54) is 103 Å². The number of amides is 1. The zero-order chi connectivity index (χ0) is 60.9. The van der Waals surface area contributed by atoms with Crippen molar-refractivity contribution in [2.24, 2.45) is 16.7 Å². The molecule has 1 amide bonds. The number of Topliss-reactive ketones (excluding diaryl/α,β-unsaturated/α-hetero) is 1. The fourth-order valence-electron chi connectivity index (χ4n) is 13.6. The third-order valence-corrected chi connectivity index (χ3v) is 18.6. The van der Waals surface area contributed by atoms with Gasteiger partial charge in [-0.3, -0.25) is 14.4 Å². The number of ketones is 1. The van der Waals surface area contributed by atoms with Crippen LogP contribution in [0.15, 0.2) is 102 Å². The van der Waals surface area contributed by atoms with E-state index in [0.717, 1.165) is 26.2 Å². The smallest absolute Gasteiger partial charge is 0.455 e. The minimum Gasteiger partial charge on any atom is -0.455 e. The Hall–Kier alpha value is -6.02. The van der Waals surface area contributed by atoms with E-state index in [9.17, 15) is 34.5 Å². The Balaban J connectivity index is 1.03. The van der Waals surface area contributed by atoms with Crippen LogP contribution in [0.3, 0.4) is 0 Å². The van der Waals surface area contributed by atoms with Crippen LogP contribution in [-0.2, 0) is 52.3 Å². The first-order valence-corrected chi connectivity index (χ1v) is 30.9. The minimum atomic E-state index is -2.45. The van der Waals surface area contributed by atoms with Crippen LogP contribution >= 0.6 is 0 Å². The zero-order valence-corrected chi connectivity index (χ0v) is 50.3. The second-order valence-electron chi connectivity index (χ2n) is 24.7. The van der Waals surface area contributed by atoms with Gasteiger partial charge in [0, 0.05) is 36.7 Å². The number of carbonyl (C=O) groups excluding carboxylic acids is 6. The summed E-state index contributed by atoms with van der Waals surface area (Å²) in [5, 5.41) is 41.6. The van der Waals surface area contributed by atoms with Crippen molar-refractivity contribution in [2.45, 2.75) is 223 Å². The number of rotatable bonds is 28. The van der Waals surface area contributed by atoms with Crippen molar-refractivity contribution in [2.75, 3.05) is 19.8 Å². The molecule has 4 fully saturated rings. The van der Waals surface area contributed by atoms with Gasteiger partial charge in [0.15, 0.2) is 18.2 Å². The van der Waals surface area contributed by atoms with Gasteiger partial charge in [-0.25, -0.2) is 14.4 Å². The predicted octanol–water partition coefficient (Wildman–Crippen LogP) is 10.3. The number of carbonyl (C=O) groups is 6. The van der Waals surface area contributed by atoms with Crippen molar-refractivity contribution >= 4 is 35.8 Å². The monoisotopic (exact) mass is 1180 g/mol. The lowest BCUT2D eigenvalue weighted by molar-refractivity contribution is -0.343. The predicted molar refractivity (Wildman–Crippen MR) is 313 cm³/mol. The highest BCUT2D eigenvalue weighted by Gasteiger charge is 2.77. The standard InChI is InChI=1S/C67H89NO17/c1-7-8-9-10-11-12-13-14-15-16-17-18-19-20-30-37-52-78-40-48(82-52)41-79-63(75)84-56(54(45-31-24-21-25-32-45)68-60(72)46-33-26-22-27-34-46)62(74)83-49-39-67(77)59(85-61(73)47-35-28-23-29-36-47)57-65(6,50(70)38-51-66(57,76)42-80-51)58(71)55(81-44(3)69)53(43(49)2)64(67,4)5/h21-29,31-36,48-52,54-57,59,70,76-77H,7-20,30,37-42H2,1-6H3,(H,68,72)/t48-,49-,50-,51+,52?,54-,55+,56+,57?,59-,65+,66-,67+/m0/s1. The number of aliphatic hydroxyl groups is 3. The van der Waals surface area contributed by atoms with Crippen LogP contribution in [0.5, 0.6) is 0 Å². The molecule has 0 radical (unpaired) electrons. The second kappa shape index (κ2) is 29.1. The van der Waals surface area contributed by atoms with Crippen LogP contribution in [0, 0.1) is 16.7 Å². The molecule has 2 saturated carbocycles. The van der Waals surface area contributed by atoms with Gasteiger partial charge in [0.2, 0.25) is 6.10 Å². The molecule has 2 heterocycles.